The molecule has 2 heterocycles. The number of aromatic nitrogens is 3. The van der Waals surface area contributed by atoms with Gasteiger partial charge in [0, 0.05) is 18.0 Å². The molecular weight excluding hydrogens is 150 g/mol. The van der Waals surface area contributed by atoms with Gasteiger partial charge in [0.05, 0.1) is 11.9 Å². The van der Waals surface area contributed by atoms with Crippen molar-refractivity contribution in [1.29, 1.82) is 0 Å². The van der Waals surface area contributed by atoms with Crippen LogP contribution in [-0.4, -0.2) is 15.2 Å². The lowest BCUT2D eigenvalue weighted by Crippen LogP contribution is -1.89. The van der Waals surface area contributed by atoms with Crippen molar-refractivity contribution < 1.29 is 0 Å². The van der Waals surface area contributed by atoms with E-state index in [-0.39, 0.29) is 0 Å². The molecule has 0 aliphatic carbocycles. The van der Waals surface area contributed by atoms with Crippen molar-refractivity contribution in [2.45, 2.75) is 19.8 Å². The number of aromatic amines is 1. The first-order valence-electron chi connectivity index (χ1n) is 4.06. The Balaban J connectivity index is 2.60. The average molecular weight is 161 g/mol. The molecule has 0 bridgehead atoms. The largest absolute Gasteiger partial charge is 0.285 e. The number of fused-ring (bicyclic) bond motifs is 1. The van der Waals surface area contributed by atoms with Crippen LogP contribution in [0.25, 0.3) is 11.3 Å². The molecule has 3 nitrogen and oxygen atoms in total. The summed E-state index contributed by atoms with van der Waals surface area (Å²) in [5, 5.41) is 6.72. The fourth-order valence-corrected chi connectivity index (χ4v) is 1.35. The Morgan fingerprint density at radius 1 is 1.33 bits per heavy atom. The van der Waals surface area contributed by atoms with Crippen molar-refractivity contribution in [2.75, 3.05) is 0 Å². The highest BCUT2D eigenvalue weighted by Gasteiger charge is 2.12. The first-order valence-corrected chi connectivity index (χ1v) is 4.06. The molecule has 2 aliphatic rings. The zero-order chi connectivity index (χ0) is 8.55. The van der Waals surface area contributed by atoms with Crippen molar-refractivity contribution in [3.8, 4) is 11.3 Å². The Bertz CT molecular complexity index is 351. The Morgan fingerprint density at radius 3 is 2.92 bits per heavy atom. The minimum Gasteiger partial charge on any atom is -0.285 e. The first-order chi connectivity index (χ1) is 5.79. The zero-order valence-electron chi connectivity index (χ0n) is 7.20. The van der Waals surface area contributed by atoms with Crippen LogP contribution in [0.5, 0.6) is 0 Å². The van der Waals surface area contributed by atoms with Crippen molar-refractivity contribution in [3.63, 3.8) is 0 Å². The van der Waals surface area contributed by atoms with Gasteiger partial charge >= 0.3 is 0 Å². The van der Waals surface area contributed by atoms with Gasteiger partial charge in [-0.3, -0.25) is 10.1 Å². The van der Waals surface area contributed by atoms with Crippen molar-refractivity contribution in [1.82, 2.24) is 15.2 Å². The van der Waals surface area contributed by atoms with E-state index in [4.69, 9.17) is 0 Å². The lowest BCUT2D eigenvalue weighted by atomic mass is 10.0. The van der Waals surface area contributed by atoms with Crippen molar-refractivity contribution in [3.05, 3.63) is 24.2 Å². The minimum absolute atomic E-state index is 0.519. The molecule has 0 radical (unpaired) electrons. The fourth-order valence-electron chi connectivity index (χ4n) is 1.35. The third kappa shape index (κ3) is 0.978. The second-order valence-corrected chi connectivity index (χ2v) is 3.20. The van der Waals surface area contributed by atoms with E-state index in [1.807, 2.05) is 12.4 Å². The number of hydrogen-bond donors (Lipinski definition) is 1. The fraction of sp³-hybridized carbons (Fsp3) is 0.333. The van der Waals surface area contributed by atoms with Crippen LogP contribution >= 0.6 is 0 Å². The lowest BCUT2D eigenvalue weighted by Gasteiger charge is -2.03. The third-order valence-electron chi connectivity index (χ3n) is 2.02. The molecule has 0 fully saturated rings. The summed E-state index contributed by atoms with van der Waals surface area (Å²) in [4.78, 5) is 4.26. The molecule has 0 amide bonds. The number of rotatable bonds is 1. The average Bonchev–Trinajstić information content (AvgIpc) is 2.47. The van der Waals surface area contributed by atoms with E-state index in [9.17, 15) is 0 Å². The van der Waals surface area contributed by atoms with Gasteiger partial charge in [-0.2, -0.15) is 5.10 Å². The highest BCUT2D eigenvalue weighted by Crippen LogP contribution is 2.28. The summed E-state index contributed by atoms with van der Waals surface area (Å²) in [5.74, 6) is 0.519. The molecule has 2 aliphatic heterocycles. The van der Waals surface area contributed by atoms with Crippen LogP contribution in [0.15, 0.2) is 18.6 Å². The predicted molar refractivity (Wildman–Crippen MR) is 47.1 cm³/mol. The molecule has 0 unspecified atom stereocenters. The van der Waals surface area contributed by atoms with Gasteiger partial charge < -0.3 is 0 Å². The molecule has 0 saturated heterocycles. The Hall–Kier alpha value is -1.38. The highest BCUT2D eigenvalue weighted by atomic mass is 15.1. The Morgan fingerprint density at radius 2 is 2.17 bits per heavy atom. The van der Waals surface area contributed by atoms with E-state index in [0.29, 0.717) is 5.92 Å². The third-order valence-corrected chi connectivity index (χ3v) is 2.02. The van der Waals surface area contributed by atoms with Gasteiger partial charge in [-0.15, -0.1) is 0 Å². The normalized spacial score (nSPS) is 11.2. The van der Waals surface area contributed by atoms with E-state index >= 15 is 0 Å². The lowest BCUT2D eigenvalue weighted by molar-refractivity contribution is 0.869. The van der Waals surface area contributed by atoms with Crippen LogP contribution in [0.2, 0.25) is 0 Å². The Kier molecular flexibility index (Phi) is 1.57. The molecule has 0 saturated carbocycles. The summed E-state index contributed by atoms with van der Waals surface area (Å²) in [6.07, 6.45) is 5.57. The van der Waals surface area contributed by atoms with Gasteiger partial charge in [-0.25, -0.2) is 0 Å². The second-order valence-electron chi connectivity index (χ2n) is 3.20. The van der Waals surface area contributed by atoms with E-state index in [1.165, 1.54) is 11.1 Å². The standard InChI is InChI=1S/C9H11N3/c1-6(2)7-3-10-9-5-12-11-4-8(7)9/h3-6,11H,1-2H3. The van der Waals surface area contributed by atoms with Crippen molar-refractivity contribution >= 4 is 0 Å². The summed E-state index contributed by atoms with van der Waals surface area (Å²) in [6.45, 7) is 4.33. The first kappa shape index (κ1) is 7.28. The van der Waals surface area contributed by atoms with Crippen LogP contribution < -0.4 is 0 Å². The zero-order valence-corrected chi connectivity index (χ0v) is 7.20. The number of nitrogens with one attached hydrogen (secondary N) is 1. The number of H-pyrrole nitrogens is 1. The van der Waals surface area contributed by atoms with Crippen LogP contribution in [0.3, 0.4) is 0 Å². The molecule has 1 N–H and O–H groups in total. The van der Waals surface area contributed by atoms with Crippen LogP contribution in [0.1, 0.15) is 25.3 Å². The van der Waals surface area contributed by atoms with Crippen LogP contribution in [0.4, 0.5) is 0 Å². The summed E-state index contributed by atoms with van der Waals surface area (Å²) in [6, 6.07) is 0. The van der Waals surface area contributed by atoms with Gasteiger partial charge in [-0.1, -0.05) is 13.8 Å². The van der Waals surface area contributed by atoms with E-state index < -0.39 is 0 Å². The van der Waals surface area contributed by atoms with Crippen LogP contribution in [-0.2, 0) is 0 Å². The number of nitrogens with zero attached hydrogens (tertiary/aromatic N) is 2. The maximum absolute atomic E-state index is 4.26. The van der Waals surface area contributed by atoms with Gasteiger partial charge in [-0.05, 0) is 11.5 Å². The van der Waals surface area contributed by atoms with E-state index in [0.717, 1.165) is 5.69 Å². The molecule has 2 rings (SSSR count). The van der Waals surface area contributed by atoms with E-state index in [2.05, 4.69) is 29.0 Å². The minimum atomic E-state index is 0.519. The van der Waals surface area contributed by atoms with Crippen LogP contribution in [0, 0.1) is 0 Å². The quantitative estimate of drug-likeness (QED) is 0.695. The topological polar surface area (TPSA) is 41.6 Å². The number of hydrogen-bond acceptors (Lipinski definition) is 2. The van der Waals surface area contributed by atoms with Gasteiger partial charge in [0.1, 0.15) is 0 Å². The summed E-state index contributed by atoms with van der Waals surface area (Å²) in [7, 11) is 0. The van der Waals surface area contributed by atoms with Crippen molar-refractivity contribution in [2.24, 2.45) is 0 Å². The van der Waals surface area contributed by atoms with Gasteiger partial charge in [0.15, 0.2) is 0 Å². The predicted octanol–water partition coefficient (Wildman–Crippen LogP) is 2.03. The molecule has 0 atom stereocenters. The van der Waals surface area contributed by atoms with Gasteiger partial charge in [0.25, 0.3) is 0 Å². The summed E-state index contributed by atoms with van der Waals surface area (Å²) in [5.41, 5.74) is 3.43. The second kappa shape index (κ2) is 2.59. The smallest absolute Gasteiger partial charge is 0.0921 e. The SMILES string of the molecule is CC(C)c1cnc2cn[nH]cc1-2. The summed E-state index contributed by atoms with van der Waals surface area (Å²) < 4.78 is 0. The maximum Gasteiger partial charge on any atom is 0.0921 e. The molecule has 0 aromatic rings. The molecular formula is C9H11N3. The molecule has 0 aromatic carbocycles. The maximum atomic E-state index is 4.26. The molecule has 0 spiro atoms. The monoisotopic (exact) mass is 161 g/mol. The highest BCUT2D eigenvalue weighted by molar-refractivity contribution is 5.64. The van der Waals surface area contributed by atoms with Gasteiger partial charge in [0.2, 0.25) is 0 Å². The molecule has 0 aromatic heterocycles. The molecule has 12 heavy (non-hydrogen) atoms. The molecule has 62 valence electrons. The molecule has 3 heteroatoms. The Labute approximate surface area is 71.2 Å². The van der Waals surface area contributed by atoms with E-state index in [1.54, 1.807) is 6.20 Å². The summed E-state index contributed by atoms with van der Waals surface area (Å²) >= 11 is 0.